The van der Waals surface area contributed by atoms with E-state index in [9.17, 15) is 5.11 Å². The number of aryl methyl sites for hydroxylation is 2. The van der Waals surface area contributed by atoms with E-state index in [0.717, 1.165) is 41.8 Å². The van der Waals surface area contributed by atoms with E-state index in [1.54, 1.807) is 6.07 Å². The third kappa shape index (κ3) is 2.65. The van der Waals surface area contributed by atoms with Crippen LogP contribution in [0.3, 0.4) is 0 Å². The predicted molar refractivity (Wildman–Crippen MR) is 61.1 cm³/mol. The second-order valence-electron chi connectivity index (χ2n) is 3.57. The maximum atomic E-state index is 9.71. The Kier molecular flexibility index (Phi) is 4.27. The van der Waals surface area contributed by atoms with Gasteiger partial charge in [0.05, 0.1) is 0 Å². The first-order valence-corrected chi connectivity index (χ1v) is 5.57. The molecular weight excluding hydrogens is 196 g/mol. The van der Waals surface area contributed by atoms with E-state index < -0.39 is 0 Å². The van der Waals surface area contributed by atoms with Crippen molar-refractivity contribution in [2.75, 3.05) is 0 Å². The Labute approximate surface area is 90.7 Å². The Balaban J connectivity index is 2.97. The molecule has 0 amide bonds. The van der Waals surface area contributed by atoms with Gasteiger partial charge in [-0.15, -0.1) is 0 Å². The maximum absolute atomic E-state index is 9.71. The van der Waals surface area contributed by atoms with Crippen molar-refractivity contribution in [1.82, 2.24) is 0 Å². The van der Waals surface area contributed by atoms with E-state index in [0.29, 0.717) is 5.75 Å². The van der Waals surface area contributed by atoms with Crippen LogP contribution in [0.5, 0.6) is 5.75 Å². The summed E-state index contributed by atoms with van der Waals surface area (Å²) in [4.78, 5) is 0. The number of hydrogen-bond acceptors (Lipinski definition) is 1. The smallest absolute Gasteiger partial charge is 0.119 e. The minimum absolute atomic E-state index is 0.389. The van der Waals surface area contributed by atoms with Crippen LogP contribution in [0.2, 0.25) is 5.02 Å². The van der Waals surface area contributed by atoms with Gasteiger partial charge in [-0.3, -0.25) is 0 Å². The molecule has 0 aromatic heterocycles. The fraction of sp³-hybridized carbons (Fsp3) is 0.500. The first-order valence-electron chi connectivity index (χ1n) is 5.19. The van der Waals surface area contributed by atoms with Gasteiger partial charge in [0.2, 0.25) is 0 Å². The first kappa shape index (κ1) is 11.4. The highest BCUT2D eigenvalue weighted by molar-refractivity contribution is 6.31. The van der Waals surface area contributed by atoms with Gasteiger partial charge in [0.25, 0.3) is 0 Å². The average Bonchev–Trinajstić information content (AvgIpc) is 2.14. The fourth-order valence-corrected chi connectivity index (χ4v) is 1.86. The van der Waals surface area contributed by atoms with Crippen LogP contribution >= 0.6 is 11.6 Å². The molecule has 0 spiro atoms. The molecule has 2 heteroatoms. The number of hydrogen-bond donors (Lipinski definition) is 1. The molecule has 1 aromatic rings. The lowest BCUT2D eigenvalue weighted by molar-refractivity contribution is 0.467. The molecule has 0 bridgehead atoms. The zero-order valence-electron chi connectivity index (χ0n) is 8.81. The summed E-state index contributed by atoms with van der Waals surface area (Å²) < 4.78 is 0. The topological polar surface area (TPSA) is 20.2 Å². The van der Waals surface area contributed by atoms with Crippen LogP contribution in [0.15, 0.2) is 12.1 Å². The Morgan fingerprint density at radius 3 is 2.21 bits per heavy atom. The number of aromatic hydroxyl groups is 1. The number of phenols is 1. The molecule has 0 heterocycles. The van der Waals surface area contributed by atoms with E-state index in [2.05, 4.69) is 13.8 Å². The van der Waals surface area contributed by atoms with Crippen LogP contribution in [0.25, 0.3) is 0 Å². The Morgan fingerprint density at radius 1 is 1.07 bits per heavy atom. The predicted octanol–water partition coefficient (Wildman–Crippen LogP) is 3.95. The van der Waals surface area contributed by atoms with Gasteiger partial charge in [-0.2, -0.15) is 0 Å². The van der Waals surface area contributed by atoms with Gasteiger partial charge in [0, 0.05) is 5.02 Å². The van der Waals surface area contributed by atoms with Crippen LogP contribution in [-0.4, -0.2) is 5.11 Å². The fourth-order valence-electron chi connectivity index (χ4n) is 1.58. The summed E-state index contributed by atoms with van der Waals surface area (Å²) in [6, 6.07) is 3.70. The highest BCUT2D eigenvalue weighted by Gasteiger charge is 2.06. The van der Waals surface area contributed by atoms with E-state index in [1.165, 1.54) is 0 Å². The quantitative estimate of drug-likeness (QED) is 0.802. The molecule has 78 valence electrons. The third-order valence-electron chi connectivity index (χ3n) is 2.29. The lowest BCUT2D eigenvalue weighted by Crippen LogP contribution is -1.90. The van der Waals surface area contributed by atoms with Crippen LogP contribution in [0.1, 0.15) is 37.8 Å². The van der Waals surface area contributed by atoms with E-state index in [4.69, 9.17) is 11.6 Å². The highest BCUT2D eigenvalue weighted by Crippen LogP contribution is 2.27. The molecule has 0 atom stereocenters. The normalized spacial score (nSPS) is 10.5. The van der Waals surface area contributed by atoms with Gasteiger partial charge in [-0.1, -0.05) is 38.3 Å². The summed E-state index contributed by atoms with van der Waals surface area (Å²) in [6.45, 7) is 4.20. The number of halogens is 1. The number of benzene rings is 1. The van der Waals surface area contributed by atoms with Crippen molar-refractivity contribution in [3.05, 3.63) is 28.3 Å². The lowest BCUT2D eigenvalue weighted by Gasteiger charge is -2.08. The molecule has 0 radical (unpaired) electrons. The van der Waals surface area contributed by atoms with Crippen LogP contribution in [0, 0.1) is 0 Å². The van der Waals surface area contributed by atoms with Gasteiger partial charge in [-0.05, 0) is 36.1 Å². The van der Waals surface area contributed by atoms with Crippen molar-refractivity contribution in [1.29, 1.82) is 0 Å². The van der Waals surface area contributed by atoms with E-state index >= 15 is 0 Å². The molecule has 1 nitrogen and oxygen atoms in total. The van der Waals surface area contributed by atoms with Gasteiger partial charge in [0.15, 0.2) is 0 Å². The molecule has 0 aliphatic heterocycles. The largest absolute Gasteiger partial charge is 0.508 e. The molecule has 1 N–H and O–H groups in total. The molecule has 0 unspecified atom stereocenters. The van der Waals surface area contributed by atoms with Crippen molar-refractivity contribution in [2.24, 2.45) is 0 Å². The SMILES string of the molecule is CCCc1cc(Cl)c(CCC)cc1O. The lowest BCUT2D eigenvalue weighted by atomic mass is 10.0. The van der Waals surface area contributed by atoms with Gasteiger partial charge < -0.3 is 5.11 Å². The molecule has 14 heavy (non-hydrogen) atoms. The summed E-state index contributed by atoms with van der Waals surface area (Å²) in [6.07, 6.45) is 3.89. The third-order valence-corrected chi connectivity index (χ3v) is 2.64. The Morgan fingerprint density at radius 2 is 1.64 bits per heavy atom. The molecule has 1 rings (SSSR count). The maximum Gasteiger partial charge on any atom is 0.119 e. The van der Waals surface area contributed by atoms with Crippen molar-refractivity contribution in [3.8, 4) is 5.75 Å². The van der Waals surface area contributed by atoms with E-state index in [1.807, 2.05) is 6.07 Å². The summed E-state index contributed by atoms with van der Waals surface area (Å²) in [5, 5.41) is 10.5. The zero-order chi connectivity index (χ0) is 10.6. The molecule has 0 saturated carbocycles. The molecule has 0 saturated heterocycles. The first-order chi connectivity index (χ1) is 6.69. The van der Waals surface area contributed by atoms with Gasteiger partial charge >= 0.3 is 0 Å². The summed E-state index contributed by atoms with van der Waals surface area (Å²) in [7, 11) is 0. The summed E-state index contributed by atoms with van der Waals surface area (Å²) >= 11 is 6.10. The molecular formula is C12H17ClO. The van der Waals surface area contributed by atoms with Crippen molar-refractivity contribution in [3.63, 3.8) is 0 Å². The van der Waals surface area contributed by atoms with Crippen molar-refractivity contribution >= 4 is 11.6 Å². The van der Waals surface area contributed by atoms with Gasteiger partial charge in [-0.25, -0.2) is 0 Å². The van der Waals surface area contributed by atoms with E-state index in [-0.39, 0.29) is 0 Å². The van der Waals surface area contributed by atoms with Crippen molar-refractivity contribution in [2.45, 2.75) is 39.5 Å². The van der Waals surface area contributed by atoms with Crippen LogP contribution < -0.4 is 0 Å². The van der Waals surface area contributed by atoms with Crippen LogP contribution in [-0.2, 0) is 12.8 Å². The van der Waals surface area contributed by atoms with Crippen LogP contribution in [0.4, 0.5) is 0 Å². The Hall–Kier alpha value is -0.690. The highest BCUT2D eigenvalue weighted by atomic mass is 35.5. The summed E-state index contributed by atoms with van der Waals surface area (Å²) in [5.41, 5.74) is 2.00. The summed E-state index contributed by atoms with van der Waals surface area (Å²) in [5.74, 6) is 0.389. The Bertz CT molecular complexity index is 276. The minimum Gasteiger partial charge on any atom is -0.508 e. The minimum atomic E-state index is 0.389. The molecule has 0 fully saturated rings. The monoisotopic (exact) mass is 212 g/mol. The number of phenolic OH excluding ortho intramolecular Hbond substituents is 1. The second-order valence-corrected chi connectivity index (χ2v) is 3.98. The number of rotatable bonds is 4. The molecule has 0 aliphatic rings. The van der Waals surface area contributed by atoms with Gasteiger partial charge in [0.1, 0.15) is 5.75 Å². The molecule has 1 aromatic carbocycles. The second kappa shape index (κ2) is 5.26. The average molecular weight is 213 g/mol. The zero-order valence-corrected chi connectivity index (χ0v) is 9.56. The standard InChI is InChI=1S/C12H17ClO/c1-3-5-9-8-12(14)10(6-4-2)7-11(9)13/h7-8,14H,3-6H2,1-2H3. The van der Waals surface area contributed by atoms with Crippen molar-refractivity contribution < 1.29 is 5.11 Å². The molecule has 0 aliphatic carbocycles.